The van der Waals surface area contributed by atoms with Crippen molar-refractivity contribution in [2.45, 2.75) is 38.6 Å². The minimum absolute atomic E-state index is 0.0482. The Morgan fingerprint density at radius 1 is 1.53 bits per heavy atom. The first-order valence-electron chi connectivity index (χ1n) is 5.89. The molecule has 2 N–H and O–H groups in total. The maximum Gasteiger partial charge on any atom is 0.327 e. The van der Waals surface area contributed by atoms with Crippen molar-refractivity contribution in [3.63, 3.8) is 0 Å². The first-order valence-corrected chi connectivity index (χ1v) is 6.94. The molecule has 0 radical (unpaired) electrons. The summed E-state index contributed by atoms with van der Waals surface area (Å²) in [6, 6.07) is -0.966. The average Bonchev–Trinajstić information content (AvgIpc) is 2.70. The summed E-state index contributed by atoms with van der Waals surface area (Å²) in [6.45, 7) is 6.55. The second-order valence-corrected chi connectivity index (χ2v) is 5.61. The van der Waals surface area contributed by atoms with Gasteiger partial charge in [0.1, 0.15) is 6.04 Å². The van der Waals surface area contributed by atoms with E-state index in [1.54, 1.807) is 11.8 Å². The molecule has 1 heterocycles. The van der Waals surface area contributed by atoms with Crippen LogP contribution in [0.5, 0.6) is 0 Å². The van der Waals surface area contributed by atoms with E-state index >= 15 is 0 Å². The highest BCUT2D eigenvalue weighted by atomic mass is 32.2. The van der Waals surface area contributed by atoms with Crippen LogP contribution < -0.4 is 5.32 Å². The van der Waals surface area contributed by atoms with Gasteiger partial charge >= 0.3 is 12.0 Å². The van der Waals surface area contributed by atoms with Gasteiger partial charge in [0.25, 0.3) is 0 Å². The molecule has 1 aliphatic heterocycles. The van der Waals surface area contributed by atoms with Crippen LogP contribution in [-0.4, -0.2) is 45.7 Å². The van der Waals surface area contributed by atoms with Gasteiger partial charge in [0.15, 0.2) is 0 Å². The second-order valence-electron chi connectivity index (χ2n) is 4.46. The predicted octanol–water partition coefficient (Wildman–Crippen LogP) is 1.59. The van der Waals surface area contributed by atoms with E-state index < -0.39 is 12.0 Å². The molecule has 0 bridgehead atoms. The van der Waals surface area contributed by atoms with Crippen molar-refractivity contribution in [1.29, 1.82) is 0 Å². The van der Waals surface area contributed by atoms with Crippen LogP contribution in [0.15, 0.2) is 0 Å². The van der Waals surface area contributed by atoms with Crippen LogP contribution in [0.3, 0.4) is 0 Å². The molecule has 98 valence electrons. The fourth-order valence-electron chi connectivity index (χ4n) is 1.81. The molecule has 1 aliphatic rings. The van der Waals surface area contributed by atoms with E-state index in [2.05, 4.69) is 5.32 Å². The van der Waals surface area contributed by atoms with E-state index in [1.165, 1.54) is 4.90 Å². The maximum atomic E-state index is 12.0. The Morgan fingerprint density at radius 3 is 2.65 bits per heavy atom. The lowest BCUT2D eigenvalue weighted by Gasteiger charge is -2.29. The summed E-state index contributed by atoms with van der Waals surface area (Å²) in [6.07, 6.45) is 0.844. The monoisotopic (exact) mass is 260 g/mol. The van der Waals surface area contributed by atoms with Gasteiger partial charge in [0.05, 0.1) is 5.37 Å². The lowest BCUT2D eigenvalue weighted by Crippen LogP contribution is -2.51. The van der Waals surface area contributed by atoms with E-state index in [0.29, 0.717) is 12.3 Å². The molecule has 17 heavy (non-hydrogen) atoms. The van der Waals surface area contributed by atoms with Crippen molar-refractivity contribution in [3.8, 4) is 0 Å². The zero-order valence-electron chi connectivity index (χ0n) is 10.5. The van der Waals surface area contributed by atoms with Crippen LogP contribution in [0.25, 0.3) is 0 Å². The smallest absolute Gasteiger partial charge is 0.327 e. The standard InChI is InChI=1S/C11H20N2O3S/c1-4-5-12-11(16)13-8(10(14)15)6-17-9(13)7(2)3/h7-9H,4-6H2,1-3H3,(H,12,16)(H,14,15). The van der Waals surface area contributed by atoms with E-state index in [1.807, 2.05) is 20.8 Å². The fraction of sp³-hybridized carbons (Fsp3) is 0.818. The van der Waals surface area contributed by atoms with Crippen LogP contribution in [0.4, 0.5) is 4.79 Å². The number of rotatable bonds is 4. The molecule has 1 saturated heterocycles. The number of hydrogen-bond acceptors (Lipinski definition) is 3. The van der Waals surface area contributed by atoms with Crippen LogP contribution in [0.2, 0.25) is 0 Å². The van der Waals surface area contributed by atoms with Gasteiger partial charge in [-0.2, -0.15) is 0 Å². The molecule has 6 heteroatoms. The van der Waals surface area contributed by atoms with Gasteiger partial charge in [-0.15, -0.1) is 11.8 Å². The summed E-state index contributed by atoms with van der Waals surface area (Å²) in [5, 5.41) is 11.8. The summed E-state index contributed by atoms with van der Waals surface area (Å²) < 4.78 is 0. The van der Waals surface area contributed by atoms with Crippen LogP contribution in [-0.2, 0) is 4.79 Å². The highest BCUT2D eigenvalue weighted by Gasteiger charge is 2.42. The first kappa shape index (κ1) is 14.2. The molecular formula is C11H20N2O3S. The van der Waals surface area contributed by atoms with Gasteiger partial charge in [-0.25, -0.2) is 9.59 Å². The highest BCUT2D eigenvalue weighted by Crippen LogP contribution is 2.33. The van der Waals surface area contributed by atoms with Crippen LogP contribution in [0, 0.1) is 5.92 Å². The SMILES string of the molecule is CCCNC(=O)N1C(C(=O)O)CSC1C(C)C. The number of nitrogens with one attached hydrogen (secondary N) is 1. The number of urea groups is 1. The Labute approximate surface area is 106 Å². The maximum absolute atomic E-state index is 12.0. The number of carbonyl (C=O) groups excluding carboxylic acids is 1. The zero-order valence-corrected chi connectivity index (χ0v) is 11.3. The number of thioether (sulfide) groups is 1. The molecule has 0 aromatic heterocycles. The third-order valence-electron chi connectivity index (χ3n) is 2.65. The third kappa shape index (κ3) is 3.28. The van der Waals surface area contributed by atoms with Gasteiger partial charge in [-0.3, -0.25) is 4.90 Å². The number of aliphatic carboxylic acids is 1. The summed E-state index contributed by atoms with van der Waals surface area (Å²) in [5.41, 5.74) is 0. The molecule has 0 aliphatic carbocycles. The van der Waals surface area contributed by atoms with Crippen LogP contribution in [0.1, 0.15) is 27.2 Å². The Balaban J connectivity index is 2.78. The Kier molecular flexibility index (Phi) is 5.11. The number of nitrogens with zero attached hydrogens (tertiary/aromatic N) is 1. The molecular weight excluding hydrogens is 240 g/mol. The molecule has 1 rings (SSSR count). The largest absolute Gasteiger partial charge is 0.480 e. The molecule has 2 amide bonds. The van der Waals surface area contributed by atoms with Gasteiger partial charge in [0.2, 0.25) is 0 Å². The third-order valence-corrected chi connectivity index (χ3v) is 4.27. The normalized spacial score (nSPS) is 24.1. The van der Waals surface area contributed by atoms with Crippen molar-refractivity contribution >= 4 is 23.8 Å². The number of carbonyl (C=O) groups is 2. The number of hydrogen-bond donors (Lipinski definition) is 2. The van der Waals surface area contributed by atoms with Crippen molar-refractivity contribution < 1.29 is 14.7 Å². The molecule has 0 aromatic rings. The Bertz CT molecular complexity index is 296. The molecule has 2 atom stereocenters. The van der Waals surface area contributed by atoms with Crippen molar-refractivity contribution in [2.24, 2.45) is 5.92 Å². The lowest BCUT2D eigenvalue weighted by molar-refractivity contribution is -0.141. The van der Waals surface area contributed by atoms with Gasteiger partial charge in [-0.1, -0.05) is 20.8 Å². The highest BCUT2D eigenvalue weighted by molar-refractivity contribution is 8.00. The van der Waals surface area contributed by atoms with E-state index in [-0.39, 0.29) is 17.3 Å². The molecule has 0 aromatic carbocycles. The van der Waals surface area contributed by atoms with E-state index in [4.69, 9.17) is 5.11 Å². The van der Waals surface area contributed by atoms with E-state index in [9.17, 15) is 9.59 Å². The van der Waals surface area contributed by atoms with Crippen molar-refractivity contribution in [2.75, 3.05) is 12.3 Å². The minimum Gasteiger partial charge on any atom is -0.480 e. The number of carboxylic acid groups (broad SMARTS) is 1. The summed E-state index contributed by atoms with van der Waals surface area (Å²) in [5.74, 6) is -0.207. The Hall–Kier alpha value is -0.910. The summed E-state index contributed by atoms with van der Waals surface area (Å²) >= 11 is 1.54. The fourth-order valence-corrected chi connectivity index (χ4v) is 3.28. The average molecular weight is 260 g/mol. The van der Waals surface area contributed by atoms with Crippen LogP contribution >= 0.6 is 11.8 Å². The number of amides is 2. The molecule has 0 saturated carbocycles. The Morgan fingerprint density at radius 2 is 2.18 bits per heavy atom. The second kappa shape index (κ2) is 6.14. The predicted molar refractivity (Wildman–Crippen MR) is 68.0 cm³/mol. The quantitative estimate of drug-likeness (QED) is 0.805. The molecule has 0 spiro atoms. The van der Waals surface area contributed by atoms with Gasteiger partial charge in [0, 0.05) is 12.3 Å². The van der Waals surface area contributed by atoms with Crippen molar-refractivity contribution in [3.05, 3.63) is 0 Å². The number of carboxylic acids is 1. The molecule has 1 fully saturated rings. The topological polar surface area (TPSA) is 69.6 Å². The lowest BCUT2D eigenvalue weighted by atomic mass is 10.2. The summed E-state index contributed by atoms with van der Waals surface area (Å²) in [4.78, 5) is 24.6. The minimum atomic E-state index is -0.924. The van der Waals surface area contributed by atoms with Crippen molar-refractivity contribution in [1.82, 2.24) is 10.2 Å². The molecule has 2 unspecified atom stereocenters. The molecule has 5 nitrogen and oxygen atoms in total. The first-order chi connectivity index (χ1) is 7.99. The zero-order chi connectivity index (χ0) is 13.0. The van der Waals surface area contributed by atoms with Gasteiger partial charge < -0.3 is 10.4 Å². The summed E-state index contributed by atoms with van der Waals surface area (Å²) in [7, 11) is 0. The van der Waals surface area contributed by atoms with Gasteiger partial charge in [-0.05, 0) is 12.3 Å². The van der Waals surface area contributed by atoms with E-state index in [0.717, 1.165) is 6.42 Å².